The van der Waals surface area contributed by atoms with Gasteiger partial charge in [0.25, 0.3) is 0 Å². The van der Waals surface area contributed by atoms with Crippen LogP contribution in [0.4, 0.5) is 0 Å². The van der Waals surface area contributed by atoms with Crippen LogP contribution in [0.3, 0.4) is 0 Å². The number of carbonyl (C=O) groups is 2. The van der Waals surface area contributed by atoms with Gasteiger partial charge in [0.2, 0.25) is 11.8 Å². The summed E-state index contributed by atoms with van der Waals surface area (Å²) in [5.74, 6) is 0.108. The van der Waals surface area contributed by atoms with Crippen molar-refractivity contribution in [1.29, 1.82) is 0 Å². The standard InChI is InChI=1S/C14H19BrN2O2S/c1-4-8(2)12-13(18)16-9(3)14(19)17(12)7-10-5-6-11(15)20-10/h5-6,8-9,12H,4,7H2,1-3H3,(H,16,18). The third kappa shape index (κ3) is 3.06. The van der Waals surface area contributed by atoms with Crippen molar-refractivity contribution in [3.8, 4) is 0 Å². The van der Waals surface area contributed by atoms with Crippen LogP contribution in [-0.2, 0) is 16.1 Å². The third-order valence-corrected chi connectivity index (χ3v) is 5.36. The smallest absolute Gasteiger partial charge is 0.245 e. The first-order chi connectivity index (χ1) is 9.43. The van der Waals surface area contributed by atoms with Gasteiger partial charge < -0.3 is 10.2 Å². The Labute approximate surface area is 131 Å². The molecule has 0 saturated carbocycles. The Bertz CT molecular complexity index is 517. The highest BCUT2D eigenvalue weighted by molar-refractivity contribution is 9.11. The number of piperazine rings is 1. The zero-order valence-corrected chi connectivity index (χ0v) is 14.3. The lowest BCUT2D eigenvalue weighted by Gasteiger charge is -2.40. The molecule has 0 aromatic carbocycles. The molecule has 3 atom stereocenters. The highest BCUT2D eigenvalue weighted by Gasteiger charge is 2.40. The molecular weight excluding hydrogens is 340 g/mol. The molecule has 0 bridgehead atoms. The van der Waals surface area contributed by atoms with Crippen LogP contribution in [0.25, 0.3) is 0 Å². The second-order valence-electron chi connectivity index (χ2n) is 5.23. The van der Waals surface area contributed by atoms with Crippen molar-refractivity contribution in [2.45, 2.75) is 45.8 Å². The summed E-state index contributed by atoms with van der Waals surface area (Å²) in [7, 11) is 0. The van der Waals surface area contributed by atoms with Gasteiger partial charge in [-0.15, -0.1) is 11.3 Å². The fraction of sp³-hybridized carbons (Fsp3) is 0.571. The van der Waals surface area contributed by atoms with Gasteiger partial charge in [-0.25, -0.2) is 0 Å². The number of rotatable bonds is 4. The van der Waals surface area contributed by atoms with Crippen molar-refractivity contribution in [3.63, 3.8) is 0 Å². The molecule has 0 spiro atoms. The summed E-state index contributed by atoms with van der Waals surface area (Å²) in [6.45, 7) is 6.30. The number of amides is 2. The van der Waals surface area contributed by atoms with Crippen LogP contribution >= 0.6 is 27.3 Å². The second kappa shape index (κ2) is 6.26. The molecule has 4 nitrogen and oxygen atoms in total. The Kier molecular flexibility index (Phi) is 4.86. The van der Waals surface area contributed by atoms with E-state index in [1.54, 1.807) is 23.2 Å². The summed E-state index contributed by atoms with van der Waals surface area (Å²) in [5.41, 5.74) is 0. The Morgan fingerprint density at radius 3 is 2.70 bits per heavy atom. The van der Waals surface area contributed by atoms with Crippen LogP contribution in [0.15, 0.2) is 15.9 Å². The molecule has 1 N–H and O–H groups in total. The number of carbonyl (C=O) groups excluding carboxylic acids is 2. The molecule has 1 aliphatic rings. The van der Waals surface area contributed by atoms with Gasteiger partial charge in [-0.1, -0.05) is 20.3 Å². The van der Waals surface area contributed by atoms with Gasteiger partial charge in [-0.05, 0) is 40.9 Å². The van der Waals surface area contributed by atoms with Gasteiger partial charge in [-0.2, -0.15) is 0 Å². The topological polar surface area (TPSA) is 49.4 Å². The zero-order chi connectivity index (χ0) is 14.9. The monoisotopic (exact) mass is 358 g/mol. The summed E-state index contributed by atoms with van der Waals surface area (Å²) in [4.78, 5) is 27.5. The maximum absolute atomic E-state index is 12.4. The number of hydrogen-bond donors (Lipinski definition) is 1. The van der Waals surface area contributed by atoms with Crippen molar-refractivity contribution in [2.24, 2.45) is 5.92 Å². The van der Waals surface area contributed by atoms with E-state index < -0.39 is 6.04 Å². The lowest BCUT2D eigenvalue weighted by atomic mass is 9.93. The Hall–Kier alpha value is -0.880. The van der Waals surface area contributed by atoms with Gasteiger partial charge >= 0.3 is 0 Å². The van der Waals surface area contributed by atoms with E-state index in [0.29, 0.717) is 6.54 Å². The third-order valence-electron chi connectivity index (χ3n) is 3.75. The maximum atomic E-state index is 12.4. The number of nitrogens with one attached hydrogen (secondary N) is 1. The molecule has 2 rings (SSSR count). The van der Waals surface area contributed by atoms with Gasteiger partial charge in [0.05, 0.1) is 10.3 Å². The molecule has 1 aromatic heterocycles. The SMILES string of the molecule is CCC(C)C1C(=O)NC(C)C(=O)N1Cc1ccc(Br)s1. The van der Waals surface area contributed by atoms with E-state index in [9.17, 15) is 9.59 Å². The number of hydrogen-bond acceptors (Lipinski definition) is 3. The summed E-state index contributed by atoms with van der Waals surface area (Å²) < 4.78 is 1.04. The van der Waals surface area contributed by atoms with Crippen LogP contribution in [0.1, 0.15) is 32.1 Å². The highest BCUT2D eigenvalue weighted by atomic mass is 79.9. The lowest BCUT2D eigenvalue weighted by molar-refractivity contribution is -0.151. The molecule has 20 heavy (non-hydrogen) atoms. The summed E-state index contributed by atoms with van der Waals surface area (Å²) in [6, 6.07) is 3.15. The largest absolute Gasteiger partial charge is 0.343 e. The van der Waals surface area contributed by atoms with E-state index in [0.717, 1.165) is 15.1 Å². The molecule has 2 heterocycles. The van der Waals surface area contributed by atoms with Crippen LogP contribution < -0.4 is 5.32 Å². The summed E-state index contributed by atoms with van der Waals surface area (Å²) in [5, 5.41) is 2.78. The molecule has 1 fully saturated rings. The first-order valence-corrected chi connectivity index (χ1v) is 8.40. The Morgan fingerprint density at radius 2 is 2.15 bits per heavy atom. The van der Waals surface area contributed by atoms with Gasteiger partial charge in [-0.3, -0.25) is 9.59 Å². The predicted molar refractivity (Wildman–Crippen MR) is 83.4 cm³/mol. The number of halogens is 1. The lowest BCUT2D eigenvalue weighted by Crippen LogP contribution is -2.63. The fourth-order valence-corrected chi connectivity index (χ4v) is 3.94. The van der Waals surface area contributed by atoms with E-state index in [-0.39, 0.29) is 23.8 Å². The summed E-state index contributed by atoms with van der Waals surface area (Å²) >= 11 is 5.03. The van der Waals surface area contributed by atoms with E-state index in [1.807, 2.05) is 26.0 Å². The molecule has 3 unspecified atom stereocenters. The van der Waals surface area contributed by atoms with E-state index in [1.165, 1.54) is 0 Å². The van der Waals surface area contributed by atoms with Gasteiger partial charge in [0.1, 0.15) is 12.1 Å². The molecule has 6 heteroatoms. The molecule has 1 aromatic rings. The van der Waals surface area contributed by atoms with Crippen LogP contribution in [0, 0.1) is 5.92 Å². The molecule has 0 radical (unpaired) electrons. The fourth-order valence-electron chi connectivity index (χ4n) is 2.46. The molecule has 1 saturated heterocycles. The number of nitrogens with zero attached hydrogens (tertiary/aromatic N) is 1. The van der Waals surface area contributed by atoms with Crippen LogP contribution in [-0.4, -0.2) is 28.8 Å². The minimum absolute atomic E-state index is 0.000535. The van der Waals surface area contributed by atoms with Crippen LogP contribution in [0.2, 0.25) is 0 Å². The minimum Gasteiger partial charge on any atom is -0.343 e. The van der Waals surface area contributed by atoms with Gasteiger partial charge in [0.15, 0.2) is 0 Å². The zero-order valence-electron chi connectivity index (χ0n) is 11.9. The van der Waals surface area contributed by atoms with Crippen molar-refractivity contribution in [2.75, 3.05) is 0 Å². The molecule has 0 aliphatic carbocycles. The molecule has 2 amide bonds. The molecular formula is C14H19BrN2O2S. The number of thiophene rings is 1. The quantitative estimate of drug-likeness (QED) is 0.899. The first kappa shape index (κ1) is 15.5. The Balaban J connectivity index is 2.26. The minimum atomic E-state index is -0.439. The van der Waals surface area contributed by atoms with Crippen molar-refractivity contribution < 1.29 is 9.59 Å². The highest BCUT2D eigenvalue weighted by Crippen LogP contribution is 2.27. The van der Waals surface area contributed by atoms with Gasteiger partial charge in [0, 0.05) is 4.88 Å². The first-order valence-electron chi connectivity index (χ1n) is 6.79. The van der Waals surface area contributed by atoms with Crippen molar-refractivity contribution in [3.05, 3.63) is 20.8 Å². The van der Waals surface area contributed by atoms with E-state index in [4.69, 9.17) is 0 Å². The second-order valence-corrected chi connectivity index (χ2v) is 7.78. The van der Waals surface area contributed by atoms with Crippen LogP contribution in [0.5, 0.6) is 0 Å². The maximum Gasteiger partial charge on any atom is 0.245 e. The predicted octanol–water partition coefficient (Wildman–Crippen LogP) is 2.77. The van der Waals surface area contributed by atoms with Crippen molar-refractivity contribution >= 4 is 39.1 Å². The van der Waals surface area contributed by atoms with E-state index >= 15 is 0 Å². The Morgan fingerprint density at radius 1 is 1.45 bits per heavy atom. The van der Waals surface area contributed by atoms with E-state index in [2.05, 4.69) is 21.2 Å². The van der Waals surface area contributed by atoms with Crippen molar-refractivity contribution in [1.82, 2.24) is 10.2 Å². The molecule has 110 valence electrons. The molecule has 1 aliphatic heterocycles. The summed E-state index contributed by atoms with van der Waals surface area (Å²) in [6.07, 6.45) is 0.865. The average Bonchev–Trinajstić information content (AvgIpc) is 2.80. The normalized spacial score (nSPS) is 24.7. The average molecular weight is 359 g/mol.